The quantitative estimate of drug-likeness (QED) is 0.455. The van der Waals surface area contributed by atoms with E-state index in [1.165, 1.54) is 0 Å². The fraction of sp³-hybridized carbons (Fsp3) is 0.545. The summed E-state index contributed by atoms with van der Waals surface area (Å²) in [7, 11) is 3.22. The lowest BCUT2D eigenvalue weighted by Crippen LogP contribution is -2.50. The zero-order valence-electron chi connectivity index (χ0n) is 18.2. The van der Waals surface area contributed by atoms with Gasteiger partial charge in [0, 0.05) is 52.5 Å². The maximum absolute atomic E-state index is 12.6. The molecule has 9 heteroatoms. The fourth-order valence-corrected chi connectivity index (χ4v) is 3.49. The average Bonchev–Trinajstić information content (AvgIpc) is 2.80. The molecule has 0 saturated carbocycles. The van der Waals surface area contributed by atoms with E-state index in [2.05, 4.69) is 10.2 Å². The van der Waals surface area contributed by atoms with Gasteiger partial charge in [0.2, 0.25) is 17.6 Å². The standard InChI is InChI=1S/C22H31N3O6/c1-28-11-3-6-23-20(26)16-24-7-9-25(10-8-24)21(27)5-4-17-14-18(29-2)22-19(15-17)30-12-13-31-22/h4-5,14-15H,3,6-13,16H2,1-2H3,(H,23,26)/b5-4+. The van der Waals surface area contributed by atoms with Crippen LogP contribution in [-0.4, -0.2) is 94.9 Å². The van der Waals surface area contributed by atoms with Gasteiger partial charge >= 0.3 is 0 Å². The van der Waals surface area contributed by atoms with E-state index in [0.717, 1.165) is 12.0 Å². The van der Waals surface area contributed by atoms with Crippen LogP contribution in [0.1, 0.15) is 12.0 Å². The number of hydrogen-bond acceptors (Lipinski definition) is 7. The maximum atomic E-state index is 12.6. The number of hydrogen-bond donors (Lipinski definition) is 1. The molecule has 2 aliphatic heterocycles. The number of nitrogens with one attached hydrogen (secondary N) is 1. The molecular formula is C22H31N3O6. The second-order valence-electron chi connectivity index (χ2n) is 7.38. The summed E-state index contributed by atoms with van der Waals surface area (Å²) in [5.74, 6) is 1.74. The third kappa shape index (κ3) is 6.60. The molecule has 1 aromatic carbocycles. The SMILES string of the molecule is COCCCNC(=O)CN1CCN(C(=O)/C=C/c2cc(OC)c3c(c2)OCCO3)CC1. The zero-order valence-corrected chi connectivity index (χ0v) is 18.2. The lowest BCUT2D eigenvalue weighted by Gasteiger charge is -2.33. The monoisotopic (exact) mass is 433 g/mol. The summed E-state index contributed by atoms with van der Waals surface area (Å²) in [6.45, 7) is 5.08. The van der Waals surface area contributed by atoms with E-state index >= 15 is 0 Å². The van der Waals surface area contributed by atoms with Crippen LogP contribution in [0.4, 0.5) is 0 Å². The van der Waals surface area contributed by atoms with Crippen LogP contribution in [-0.2, 0) is 14.3 Å². The summed E-state index contributed by atoms with van der Waals surface area (Å²) in [4.78, 5) is 28.4. The van der Waals surface area contributed by atoms with Gasteiger partial charge in [-0.05, 0) is 30.2 Å². The summed E-state index contributed by atoms with van der Waals surface area (Å²) in [5, 5.41) is 2.89. The summed E-state index contributed by atoms with van der Waals surface area (Å²) in [5.41, 5.74) is 0.804. The minimum atomic E-state index is -0.0578. The van der Waals surface area contributed by atoms with Gasteiger partial charge in [0.15, 0.2) is 11.5 Å². The minimum absolute atomic E-state index is 0.00308. The molecular weight excluding hydrogens is 402 g/mol. The lowest BCUT2D eigenvalue weighted by atomic mass is 10.1. The van der Waals surface area contributed by atoms with Gasteiger partial charge < -0.3 is 29.2 Å². The molecule has 3 rings (SSSR count). The Labute approximate surface area is 182 Å². The third-order valence-corrected chi connectivity index (χ3v) is 5.17. The molecule has 0 radical (unpaired) electrons. The number of ether oxygens (including phenoxy) is 4. The molecule has 0 aromatic heterocycles. The highest BCUT2D eigenvalue weighted by atomic mass is 16.6. The Morgan fingerprint density at radius 2 is 1.90 bits per heavy atom. The maximum Gasteiger partial charge on any atom is 0.246 e. The van der Waals surface area contributed by atoms with Crippen molar-refractivity contribution in [2.24, 2.45) is 0 Å². The highest BCUT2D eigenvalue weighted by molar-refractivity contribution is 5.92. The second-order valence-corrected chi connectivity index (χ2v) is 7.38. The van der Waals surface area contributed by atoms with Crippen molar-refractivity contribution < 1.29 is 28.5 Å². The molecule has 1 saturated heterocycles. The highest BCUT2D eigenvalue weighted by Gasteiger charge is 2.21. The van der Waals surface area contributed by atoms with Crippen molar-refractivity contribution in [2.75, 3.05) is 73.3 Å². The average molecular weight is 434 g/mol. The molecule has 0 unspecified atom stereocenters. The van der Waals surface area contributed by atoms with E-state index in [1.54, 1.807) is 31.3 Å². The van der Waals surface area contributed by atoms with Gasteiger partial charge in [0.25, 0.3) is 0 Å². The molecule has 1 N–H and O–H groups in total. The Morgan fingerprint density at radius 3 is 2.65 bits per heavy atom. The number of carbonyl (C=O) groups excluding carboxylic acids is 2. The Morgan fingerprint density at radius 1 is 1.13 bits per heavy atom. The van der Waals surface area contributed by atoms with Crippen molar-refractivity contribution in [2.45, 2.75) is 6.42 Å². The van der Waals surface area contributed by atoms with Crippen molar-refractivity contribution in [1.29, 1.82) is 0 Å². The Hall–Kier alpha value is -2.78. The smallest absolute Gasteiger partial charge is 0.246 e. The number of piperazine rings is 1. The first-order valence-corrected chi connectivity index (χ1v) is 10.5. The van der Waals surface area contributed by atoms with E-state index in [9.17, 15) is 9.59 Å². The van der Waals surface area contributed by atoms with Gasteiger partial charge in [-0.1, -0.05) is 0 Å². The zero-order chi connectivity index (χ0) is 22.1. The first-order chi connectivity index (χ1) is 15.1. The van der Waals surface area contributed by atoms with Crippen LogP contribution >= 0.6 is 0 Å². The van der Waals surface area contributed by atoms with Crippen LogP contribution in [0.25, 0.3) is 6.08 Å². The van der Waals surface area contributed by atoms with Gasteiger partial charge in [-0.25, -0.2) is 0 Å². The molecule has 2 amide bonds. The largest absolute Gasteiger partial charge is 0.493 e. The van der Waals surface area contributed by atoms with Crippen LogP contribution in [0, 0.1) is 0 Å². The fourth-order valence-electron chi connectivity index (χ4n) is 3.49. The molecule has 31 heavy (non-hydrogen) atoms. The van der Waals surface area contributed by atoms with Crippen molar-refractivity contribution in [1.82, 2.24) is 15.1 Å². The second kappa shape index (κ2) is 11.6. The molecule has 1 fully saturated rings. The molecule has 2 aliphatic rings. The van der Waals surface area contributed by atoms with Crippen molar-refractivity contribution in [3.05, 3.63) is 23.8 Å². The molecule has 170 valence electrons. The predicted octanol–water partition coefficient (Wildman–Crippen LogP) is 0.777. The molecule has 9 nitrogen and oxygen atoms in total. The van der Waals surface area contributed by atoms with Gasteiger partial charge in [-0.15, -0.1) is 0 Å². The van der Waals surface area contributed by atoms with E-state index < -0.39 is 0 Å². The summed E-state index contributed by atoms with van der Waals surface area (Å²) >= 11 is 0. The molecule has 0 spiro atoms. The molecule has 1 aromatic rings. The van der Waals surface area contributed by atoms with Crippen molar-refractivity contribution in [3.63, 3.8) is 0 Å². The van der Waals surface area contributed by atoms with E-state index in [1.807, 2.05) is 12.1 Å². The summed E-state index contributed by atoms with van der Waals surface area (Å²) in [6, 6.07) is 3.66. The van der Waals surface area contributed by atoms with E-state index in [0.29, 0.717) is 76.3 Å². The van der Waals surface area contributed by atoms with Gasteiger partial charge in [-0.3, -0.25) is 14.5 Å². The third-order valence-electron chi connectivity index (χ3n) is 5.17. The Bertz CT molecular complexity index is 772. The highest BCUT2D eigenvalue weighted by Crippen LogP contribution is 2.40. The normalized spacial score (nSPS) is 16.4. The van der Waals surface area contributed by atoms with Crippen molar-refractivity contribution >= 4 is 17.9 Å². The first-order valence-electron chi connectivity index (χ1n) is 10.5. The van der Waals surface area contributed by atoms with Crippen LogP contribution in [0.3, 0.4) is 0 Å². The minimum Gasteiger partial charge on any atom is -0.493 e. The number of rotatable bonds is 9. The van der Waals surface area contributed by atoms with Crippen LogP contribution in [0.2, 0.25) is 0 Å². The number of fused-ring (bicyclic) bond motifs is 1. The Kier molecular flexibility index (Phi) is 8.54. The van der Waals surface area contributed by atoms with Crippen LogP contribution < -0.4 is 19.5 Å². The van der Waals surface area contributed by atoms with Crippen molar-refractivity contribution in [3.8, 4) is 17.2 Å². The number of carbonyl (C=O) groups is 2. The summed E-state index contributed by atoms with van der Waals surface area (Å²) in [6.07, 6.45) is 4.11. The number of methoxy groups -OCH3 is 2. The first kappa shape index (κ1) is 22.9. The topological polar surface area (TPSA) is 89.6 Å². The molecule has 0 bridgehead atoms. The predicted molar refractivity (Wildman–Crippen MR) is 116 cm³/mol. The van der Waals surface area contributed by atoms with Gasteiger partial charge in [0.05, 0.1) is 13.7 Å². The lowest BCUT2D eigenvalue weighted by molar-refractivity contribution is -0.128. The molecule has 0 atom stereocenters. The van der Waals surface area contributed by atoms with Gasteiger partial charge in [0.1, 0.15) is 13.2 Å². The number of benzene rings is 1. The van der Waals surface area contributed by atoms with E-state index in [4.69, 9.17) is 18.9 Å². The molecule has 0 aliphatic carbocycles. The molecule has 2 heterocycles. The number of amides is 2. The number of nitrogens with zero attached hydrogens (tertiary/aromatic N) is 2. The van der Waals surface area contributed by atoms with E-state index in [-0.39, 0.29) is 11.8 Å². The summed E-state index contributed by atoms with van der Waals surface area (Å²) < 4.78 is 21.6. The van der Waals surface area contributed by atoms with Crippen LogP contribution in [0.5, 0.6) is 17.2 Å². The van der Waals surface area contributed by atoms with Crippen LogP contribution in [0.15, 0.2) is 18.2 Å². The van der Waals surface area contributed by atoms with Gasteiger partial charge in [-0.2, -0.15) is 0 Å². The Balaban J connectivity index is 1.47.